The van der Waals surface area contributed by atoms with Gasteiger partial charge in [-0.05, 0) is 74.7 Å². The van der Waals surface area contributed by atoms with E-state index in [4.69, 9.17) is 30.5 Å². The summed E-state index contributed by atoms with van der Waals surface area (Å²) in [7, 11) is 4.45. The summed E-state index contributed by atoms with van der Waals surface area (Å²) in [6.07, 6.45) is 1.61. The highest BCUT2D eigenvalue weighted by molar-refractivity contribution is 7.07. The Morgan fingerprint density at radius 3 is 2.30 bits per heavy atom. The maximum absolute atomic E-state index is 14.1. The summed E-state index contributed by atoms with van der Waals surface area (Å²) in [5.41, 5.74) is 1.80. The van der Waals surface area contributed by atoms with Gasteiger partial charge in [0.1, 0.15) is 16.3 Å². The standard InChI is InChI=1S/C32H30ClN3O7S/c1-8-43-32(39)26-17(3)27(35-18(26)4)28(37)20(15-34)31-36(22-11-9-10-21(33)16(22)2)30(38)25(44-31)14-19-12-23(40-5)29(42-7)24(13-19)41-6/h9-14,35H,8H2,1-7H3/b25-14-,31-20-. The molecule has 4 aromatic rings. The van der Waals surface area contributed by atoms with Crippen molar-refractivity contribution in [3.05, 3.63) is 88.5 Å². The summed E-state index contributed by atoms with van der Waals surface area (Å²) in [4.78, 5) is 43.5. The largest absolute Gasteiger partial charge is 0.493 e. The lowest BCUT2D eigenvalue weighted by molar-refractivity contribution is 0.0525. The van der Waals surface area contributed by atoms with Crippen LogP contribution in [-0.2, 0) is 4.74 Å². The summed E-state index contributed by atoms with van der Waals surface area (Å²) in [6.45, 7) is 6.83. The Hall–Kier alpha value is -4.79. The van der Waals surface area contributed by atoms with Gasteiger partial charge in [0, 0.05) is 10.7 Å². The molecule has 0 fully saturated rings. The van der Waals surface area contributed by atoms with E-state index in [-0.39, 0.29) is 32.6 Å². The van der Waals surface area contributed by atoms with Crippen LogP contribution in [0.25, 0.3) is 17.3 Å². The van der Waals surface area contributed by atoms with E-state index in [1.165, 1.54) is 25.9 Å². The van der Waals surface area contributed by atoms with Crippen molar-refractivity contribution in [1.82, 2.24) is 9.55 Å². The maximum Gasteiger partial charge on any atom is 0.340 e. The number of thiazole rings is 1. The van der Waals surface area contributed by atoms with Gasteiger partial charge in [0.15, 0.2) is 11.5 Å². The fraction of sp³-hybridized carbons (Fsp3) is 0.250. The van der Waals surface area contributed by atoms with Crippen molar-refractivity contribution in [3.63, 3.8) is 0 Å². The van der Waals surface area contributed by atoms with Crippen molar-refractivity contribution < 1.29 is 28.5 Å². The highest BCUT2D eigenvalue weighted by Gasteiger charge is 2.27. The Labute approximate surface area is 262 Å². The Morgan fingerprint density at radius 2 is 1.73 bits per heavy atom. The number of carbonyl (C=O) groups excluding carboxylic acids is 2. The summed E-state index contributed by atoms with van der Waals surface area (Å²) in [5, 5.41) is 10.7. The third kappa shape index (κ3) is 5.74. The van der Waals surface area contributed by atoms with E-state index in [2.05, 4.69) is 4.98 Å². The topological polar surface area (TPSA) is 133 Å². The number of ether oxygens (including phenoxy) is 4. The molecule has 0 spiro atoms. The van der Waals surface area contributed by atoms with E-state index in [0.717, 1.165) is 11.3 Å². The smallest absolute Gasteiger partial charge is 0.340 e. The number of aromatic amines is 1. The Morgan fingerprint density at radius 1 is 1.07 bits per heavy atom. The first kappa shape index (κ1) is 32.1. The number of Topliss-reactive ketones (excluding diaryl/α,β-unsaturated/α-hetero) is 1. The molecule has 0 saturated carbocycles. The van der Waals surface area contributed by atoms with Crippen LogP contribution in [-0.4, -0.2) is 49.2 Å². The fourth-order valence-corrected chi connectivity index (χ4v) is 6.11. The minimum absolute atomic E-state index is 0.0486. The van der Waals surface area contributed by atoms with Crippen molar-refractivity contribution in [1.29, 1.82) is 5.26 Å². The van der Waals surface area contributed by atoms with Crippen molar-refractivity contribution in [2.45, 2.75) is 27.7 Å². The third-order valence-corrected chi connectivity index (χ3v) is 8.49. The van der Waals surface area contributed by atoms with Gasteiger partial charge in [-0.2, -0.15) is 5.26 Å². The molecule has 4 rings (SSSR count). The lowest BCUT2D eigenvalue weighted by Gasteiger charge is -2.12. The molecule has 0 aliphatic carbocycles. The quantitative estimate of drug-likeness (QED) is 0.212. The number of aromatic nitrogens is 2. The average Bonchev–Trinajstić information content (AvgIpc) is 3.48. The van der Waals surface area contributed by atoms with E-state index in [1.807, 2.05) is 6.07 Å². The number of nitriles is 1. The zero-order valence-corrected chi connectivity index (χ0v) is 26.8. The van der Waals surface area contributed by atoms with Gasteiger partial charge in [-0.25, -0.2) is 4.79 Å². The number of nitrogens with zero attached hydrogens (tertiary/aromatic N) is 2. The van der Waals surface area contributed by atoms with Crippen molar-refractivity contribution in [3.8, 4) is 29.0 Å². The number of H-pyrrole nitrogens is 1. The first-order valence-corrected chi connectivity index (χ1v) is 14.6. The number of ketones is 1. The van der Waals surface area contributed by atoms with E-state index >= 15 is 0 Å². The summed E-state index contributed by atoms with van der Waals surface area (Å²) in [5.74, 6) is -0.111. The molecule has 0 unspecified atom stereocenters. The summed E-state index contributed by atoms with van der Waals surface area (Å²) in [6, 6.07) is 10.4. The molecule has 228 valence electrons. The van der Waals surface area contributed by atoms with E-state index in [9.17, 15) is 19.6 Å². The van der Waals surface area contributed by atoms with Crippen LogP contribution in [0.4, 0.5) is 0 Å². The molecule has 44 heavy (non-hydrogen) atoms. The van der Waals surface area contributed by atoms with Crippen LogP contribution in [0.3, 0.4) is 0 Å². The van der Waals surface area contributed by atoms with Crippen LogP contribution in [0.2, 0.25) is 5.02 Å². The monoisotopic (exact) mass is 635 g/mol. The van der Waals surface area contributed by atoms with Crippen LogP contribution in [0.5, 0.6) is 17.2 Å². The molecular weight excluding hydrogens is 606 g/mol. The zero-order chi connectivity index (χ0) is 32.3. The first-order valence-electron chi connectivity index (χ1n) is 13.4. The molecule has 0 saturated heterocycles. The van der Waals surface area contributed by atoms with Gasteiger partial charge in [0.05, 0.1) is 49.4 Å². The predicted octanol–water partition coefficient (Wildman–Crippen LogP) is 4.39. The molecule has 2 aromatic heterocycles. The fourth-order valence-electron chi connectivity index (χ4n) is 4.85. The third-order valence-electron chi connectivity index (χ3n) is 6.99. The molecule has 0 aliphatic heterocycles. The van der Waals surface area contributed by atoms with Crippen LogP contribution in [0.1, 0.15) is 50.2 Å². The molecule has 1 N–H and O–H groups in total. The van der Waals surface area contributed by atoms with Crippen molar-refractivity contribution in [2.75, 3.05) is 27.9 Å². The molecule has 12 heteroatoms. The highest BCUT2D eigenvalue weighted by Crippen LogP contribution is 2.38. The predicted molar refractivity (Wildman–Crippen MR) is 168 cm³/mol. The molecule has 0 bridgehead atoms. The number of methoxy groups -OCH3 is 3. The molecule has 2 aromatic carbocycles. The second-order valence-electron chi connectivity index (χ2n) is 9.56. The number of aryl methyl sites for hydroxylation is 1. The summed E-state index contributed by atoms with van der Waals surface area (Å²) < 4.78 is 23.1. The Kier molecular flexibility index (Phi) is 9.67. The second-order valence-corrected chi connectivity index (χ2v) is 11.0. The lowest BCUT2D eigenvalue weighted by Crippen LogP contribution is -2.32. The summed E-state index contributed by atoms with van der Waals surface area (Å²) >= 11 is 7.39. The molecular formula is C32H30ClN3O7S. The Balaban J connectivity index is 2.08. The molecule has 0 amide bonds. The number of hydrogen-bond donors (Lipinski definition) is 1. The number of carbonyl (C=O) groups is 2. The minimum Gasteiger partial charge on any atom is -0.493 e. The van der Waals surface area contributed by atoms with E-state index in [0.29, 0.717) is 50.3 Å². The van der Waals surface area contributed by atoms with Crippen LogP contribution in [0, 0.1) is 32.1 Å². The normalized spacial score (nSPS) is 12.0. The zero-order valence-electron chi connectivity index (χ0n) is 25.2. The highest BCUT2D eigenvalue weighted by atomic mass is 35.5. The molecule has 10 nitrogen and oxygen atoms in total. The number of halogens is 1. The average molecular weight is 636 g/mol. The van der Waals surface area contributed by atoms with Crippen LogP contribution < -0.4 is 29.0 Å². The maximum atomic E-state index is 14.1. The van der Waals surface area contributed by atoms with Gasteiger partial charge >= 0.3 is 5.97 Å². The van der Waals surface area contributed by atoms with Crippen molar-refractivity contribution >= 4 is 46.3 Å². The molecule has 0 aliphatic rings. The van der Waals surface area contributed by atoms with Gasteiger partial charge < -0.3 is 23.9 Å². The van der Waals surface area contributed by atoms with Gasteiger partial charge in [-0.1, -0.05) is 17.7 Å². The first-order chi connectivity index (χ1) is 21.0. The Bertz CT molecular complexity index is 1990. The number of nitrogens with one attached hydrogen (secondary N) is 1. The lowest BCUT2D eigenvalue weighted by atomic mass is 10.0. The van der Waals surface area contributed by atoms with Crippen LogP contribution >= 0.6 is 22.9 Å². The SMILES string of the molecule is CCOC(=O)c1c(C)[nH]c(C(=O)/C(C#N)=c2\s/c(=C\c3cc(OC)c(OC)c(OC)c3)c(=O)n2-c2cccc(Cl)c2C)c1C. The number of rotatable bonds is 9. The minimum atomic E-state index is -0.683. The molecule has 0 atom stereocenters. The van der Waals surface area contributed by atoms with Gasteiger partial charge in [-0.3, -0.25) is 14.2 Å². The van der Waals surface area contributed by atoms with E-state index < -0.39 is 17.3 Å². The molecule has 0 radical (unpaired) electrons. The second kappa shape index (κ2) is 13.2. The van der Waals surface area contributed by atoms with Gasteiger partial charge in [0.25, 0.3) is 5.56 Å². The van der Waals surface area contributed by atoms with Gasteiger partial charge in [0.2, 0.25) is 11.5 Å². The number of hydrogen-bond acceptors (Lipinski definition) is 9. The number of benzene rings is 2. The van der Waals surface area contributed by atoms with Crippen LogP contribution in [0.15, 0.2) is 35.1 Å². The van der Waals surface area contributed by atoms with E-state index in [1.54, 1.807) is 64.1 Å². The molecule has 2 heterocycles. The van der Waals surface area contributed by atoms with Crippen molar-refractivity contribution in [2.24, 2.45) is 0 Å². The number of esters is 1. The van der Waals surface area contributed by atoms with Gasteiger partial charge in [-0.15, -0.1) is 11.3 Å².